The predicted molar refractivity (Wildman–Crippen MR) is 132 cm³/mol. The number of aromatic nitrogens is 2. The molecule has 0 radical (unpaired) electrons. The molecule has 1 N–H and O–H groups in total. The summed E-state index contributed by atoms with van der Waals surface area (Å²) in [6, 6.07) is 11.9. The van der Waals surface area contributed by atoms with Gasteiger partial charge in [0.2, 0.25) is 0 Å². The molecular formula is C26H27FN4OS. The van der Waals surface area contributed by atoms with Crippen molar-refractivity contribution in [2.45, 2.75) is 46.2 Å². The Hall–Kier alpha value is -3.32. The molecule has 2 aromatic carbocycles. The van der Waals surface area contributed by atoms with Gasteiger partial charge < -0.3 is 9.88 Å². The van der Waals surface area contributed by atoms with E-state index >= 15 is 0 Å². The topological polar surface area (TPSA) is 50.2 Å². The maximum atomic E-state index is 13.7. The minimum Gasteiger partial charge on any atom is -0.353 e. The number of hydrogen-bond donors (Lipinski definition) is 1. The quantitative estimate of drug-likeness (QED) is 0.424. The number of thiocarbonyl (C=S) groups is 1. The average Bonchev–Trinajstić information content (AvgIpc) is 3.17. The van der Waals surface area contributed by atoms with Crippen molar-refractivity contribution in [2.24, 2.45) is 0 Å². The summed E-state index contributed by atoms with van der Waals surface area (Å²) in [6.45, 7) is 9.77. The molecular weight excluding hydrogens is 435 g/mol. The molecule has 1 aliphatic rings. The largest absolute Gasteiger partial charge is 0.353 e. The van der Waals surface area contributed by atoms with Crippen molar-refractivity contribution in [1.29, 1.82) is 0 Å². The van der Waals surface area contributed by atoms with Crippen molar-refractivity contribution in [2.75, 3.05) is 0 Å². The highest BCUT2D eigenvalue weighted by Crippen LogP contribution is 2.32. The third kappa shape index (κ3) is 4.46. The van der Waals surface area contributed by atoms with Crippen molar-refractivity contribution >= 4 is 29.3 Å². The molecule has 33 heavy (non-hydrogen) atoms. The van der Waals surface area contributed by atoms with Gasteiger partial charge in [0, 0.05) is 17.5 Å². The van der Waals surface area contributed by atoms with Crippen LogP contribution in [-0.2, 0) is 4.79 Å². The number of nitrogens with zero attached hydrogens (tertiary/aromatic N) is 3. The summed E-state index contributed by atoms with van der Waals surface area (Å²) < 4.78 is 15.4. The number of halogens is 1. The fraction of sp³-hybridized carbons (Fsp3) is 0.269. The second-order valence-corrected chi connectivity index (χ2v) is 9.37. The summed E-state index contributed by atoms with van der Waals surface area (Å²) in [6.07, 6.45) is 5.69. The van der Waals surface area contributed by atoms with Crippen molar-refractivity contribution < 1.29 is 9.18 Å². The number of amides is 1. The van der Waals surface area contributed by atoms with E-state index in [9.17, 15) is 9.18 Å². The van der Waals surface area contributed by atoms with Gasteiger partial charge in [-0.25, -0.2) is 9.37 Å². The molecule has 1 aromatic heterocycles. The van der Waals surface area contributed by atoms with E-state index in [1.807, 2.05) is 63.6 Å². The maximum absolute atomic E-state index is 13.7. The van der Waals surface area contributed by atoms with Crippen LogP contribution in [0.15, 0.2) is 60.6 Å². The lowest BCUT2D eigenvalue weighted by atomic mass is 9.88. The number of rotatable bonds is 4. The van der Waals surface area contributed by atoms with Gasteiger partial charge in [-0.2, -0.15) is 0 Å². The van der Waals surface area contributed by atoms with Gasteiger partial charge in [-0.15, -0.1) is 0 Å². The molecule has 7 heteroatoms. The molecule has 0 spiro atoms. The Bertz CT molecular complexity index is 1260. The van der Waals surface area contributed by atoms with Crippen LogP contribution in [0.5, 0.6) is 0 Å². The van der Waals surface area contributed by atoms with Gasteiger partial charge in [0.1, 0.15) is 5.82 Å². The molecule has 1 unspecified atom stereocenters. The first-order valence-electron chi connectivity index (χ1n) is 10.8. The summed E-state index contributed by atoms with van der Waals surface area (Å²) in [4.78, 5) is 19.5. The summed E-state index contributed by atoms with van der Waals surface area (Å²) in [5, 5.41) is 3.67. The summed E-state index contributed by atoms with van der Waals surface area (Å²) in [7, 11) is 0. The lowest BCUT2D eigenvalue weighted by Crippen LogP contribution is -2.61. The minimum atomic E-state index is -0.638. The molecule has 5 nitrogen and oxygen atoms in total. The van der Waals surface area contributed by atoms with Crippen LogP contribution in [0.3, 0.4) is 0 Å². The van der Waals surface area contributed by atoms with Crippen molar-refractivity contribution in [3.63, 3.8) is 0 Å². The normalized spacial score (nSPS) is 17.9. The van der Waals surface area contributed by atoms with Gasteiger partial charge in [-0.3, -0.25) is 9.69 Å². The third-order valence-electron chi connectivity index (χ3n) is 6.02. The summed E-state index contributed by atoms with van der Waals surface area (Å²) in [5.74, 6) is -0.476. The third-order valence-corrected chi connectivity index (χ3v) is 6.32. The Morgan fingerprint density at radius 2 is 1.85 bits per heavy atom. The van der Waals surface area contributed by atoms with Crippen LogP contribution in [0, 0.1) is 19.7 Å². The van der Waals surface area contributed by atoms with Gasteiger partial charge >= 0.3 is 0 Å². The zero-order valence-electron chi connectivity index (χ0n) is 19.4. The molecule has 170 valence electrons. The molecule has 4 rings (SSSR count). The Labute approximate surface area is 198 Å². The summed E-state index contributed by atoms with van der Waals surface area (Å²) in [5.41, 5.74) is 4.77. The standard InChI is InChI=1S/C26H27FN4OS/c1-16-12-19(6-11-23(16)30-14-17(2)28-15-30)13-22-24(32)31(25(33)29-26(22,4)5)18(3)20-7-9-21(27)10-8-20/h6-15,18H,1-5H3,(H,29,33)/b22-13-. The fourth-order valence-electron chi connectivity index (χ4n) is 4.15. The maximum Gasteiger partial charge on any atom is 0.258 e. The molecule has 0 aliphatic carbocycles. The highest BCUT2D eigenvalue weighted by molar-refractivity contribution is 7.80. The molecule has 1 aliphatic heterocycles. The van der Waals surface area contributed by atoms with E-state index in [2.05, 4.69) is 16.4 Å². The van der Waals surface area contributed by atoms with Crippen LogP contribution < -0.4 is 5.32 Å². The first-order valence-corrected chi connectivity index (χ1v) is 11.2. The van der Waals surface area contributed by atoms with E-state index in [0.717, 1.165) is 28.1 Å². The second kappa shape index (κ2) is 8.56. The molecule has 1 atom stereocenters. The number of nitrogens with one attached hydrogen (secondary N) is 1. The Morgan fingerprint density at radius 3 is 2.45 bits per heavy atom. The van der Waals surface area contributed by atoms with Gasteiger partial charge in [0.25, 0.3) is 5.91 Å². The van der Waals surface area contributed by atoms with Crippen molar-refractivity contribution in [3.8, 4) is 5.69 Å². The number of carbonyl (C=O) groups excluding carboxylic acids is 1. The minimum absolute atomic E-state index is 0.160. The van der Waals surface area contributed by atoms with Crippen molar-refractivity contribution in [3.05, 3.63) is 88.8 Å². The molecule has 0 bridgehead atoms. The number of benzene rings is 2. The van der Waals surface area contributed by atoms with Crippen LogP contribution in [0.2, 0.25) is 0 Å². The van der Waals surface area contributed by atoms with Crippen LogP contribution in [0.1, 0.15) is 49.2 Å². The van der Waals surface area contributed by atoms with Gasteiger partial charge in [0.05, 0.1) is 23.6 Å². The fourth-order valence-corrected chi connectivity index (χ4v) is 4.64. The molecule has 1 amide bonds. The van der Waals surface area contributed by atoms with E-state index < -0.39 is 5.54 Å². The van der Waals surface area contributed by atoms with E-state index in [-0.39, 0.29) is 17.8 Å². The van der Waals surface area contributed by atoms with Crippen molar-refractivity contribution in [1.82, 2.24) is 19.8 Å². The molecule has 0 saturated carbocycles. The predicted octanol–water partition coefficient (Wildman–Crippen LogP) is 5.27. The lowest BCUT2D eigenvalue weighted by Gasteiger charge is -2.43. The van der Waals surface area contributed by atoms with Gasteiger partial charge in [-0.1, -0.05) is 18.2 Å². The zero-order valence-corrected chi connectivity index (χ0v) is 20.2. The number of imidazole rings is 1. The van der Waals surface area contributed by atoms with Gasteiger partial charge in [0.15, 0.2) is 5.11 Å². The Kier molecular flexibility index (Phi) is 5.93. The highest BCUT2D eigenvalue weighted by atomic mass is 32.1. The van der Waals surface area contributed by atoms with E-state index in [0.29, 0.717) is 10.7 Å². The monoisotopic (exact) mass is 462 g/mol. The SMILES string of the molecule is Cc1cn(-c2ccc(/C=C3/C(=O)N(C(C)c4ccc(F)cc4)C(=S)NC3(C)C)cc2C)cn1. The second-order valence-electron chi connectivity index (χ2n) is 8.98. The molecule has 2 heterocycles. The number of hydrogen-bond acceptors (Lipinski definition) is 3. The zero-order chi connectivity index (χ0) is 23.9. The highest BCUT2D eigenvalue weighted by Gasteiger charge is 2.41. The Balaban J connectivity index is 1.69. The lowest BCUT2D eigenvalue weighted by molar-refractivity contribution is -0.126. The van der Waals surface area contributed by atoms with Crippen LogP contribution in [0.4, 0.5) is 4.39 Å². The summed E-state index contributed by atoms with van der Waals surface area (Å²) >= 11 is 5.55. The first kappa shape index (κ1) is 22.9. The van der Waals surface area contributed by atoms with E-state index in [1.54, 1.807) is 23.4 Å². The molecule has 1 saturated heterocycles. The number of carbonyl (C=O) groups is 1. The smallest absolute Gasteiger partial charge is 0.258 e. The van der Waals surface area contributed by atoms with Gasteiger partial charge in [-0.05, 0) is 93.9 Å². The average molecular weight is 463 g/mol. The van der Waals surface area contributed by atoms with Crippen LogP contribution in [-0.4, -0.2) is 31.0 Å². The van der Waals surface area contributed by atoms with Crippen LogP contribution in [0.25, 0.3) is 11.8 Å². The first-order chi connectivity index (χ1) is 15.6. The van der Waals surface area contributed by atoms with Crippen LogP contribution >= 0.6 is 12.2 Å². The Morgan fingerprint density at radius 1 is 1.15 bits per heavy atom. The number of aryl methyl sites for hydroxylation is 2. The van der Waals surface area contributed by atoms with E-state index in [4.69, 9.17) is 12.2 Å². The van der Waals surface area contributed by atoms with E-state index in [1.165, 1.54) is 12.1 Å². The molecule has 1 fully saturated rings. The molecule has 3 aromatic rings.